The number of nitrogens with zero attached hydrogens (tertiary/aromatic N) is 1. The van der Waals surface area contributed by atoms with Gasteiger partial charge in [-0.15, -0.1) is 0 Å². The number of hydrogen-bond donors (Lipinski definition) is 1. The number of nitrogens with one attached hydrogen (secondary N) is 1. The monoisotopic (exact) mass is 430 g/mol. The molecule has 1 atom stereocenters. The van der Waals surface area contributed by atoms with Crippen LogP contribution < -0.4 is 5.32 Å². The van der Waals surface area contributed by atoms with E-state index in [1.165, 1.54) is 5.56 Å². The largest absolute Gasteiger partial charge is 0.441 e. The van der Waals surface area contributed by atoms with Crippen LogP contribution in [0, 0.1) is 13.8 Å². The second kappa shape index (κ2) is 9.85. The van der Waals surface area contributed by atoms with Gasteiger partial charge < -0.3 is 9.73 Å². The van der Waals surface area contributed by atoms with E-state index >= 15 is 0 Å². The second-order valence-corrected chi connectivity index (χ2v) is 8.74. The Balaban J connectivity index is 1.49. The van der Waals surface area contributed by atoms with Crippen LogP contribution in [0.3, 0.4) is 0 Å². The number of carbonyl (C=O) groups is 1. The topological polar surface area (TPSA) is 72.2 Å². The van der Waals surface area contributed by atoms with Gasteiger partial charge in [0.05, 0.1) is 11.4 Å². The van der Waals surface area contributed by atoms with Crippen LogP contribution in [0.5, 0.6) is 0 Å². The second-order valence-electron chi connectivity index (χ2n) is 6.84. The Kier molecular flexibility index (Phi) is 7.23. The van der Waals surface area contributed by atoms with Crippen LogP contribution in [0.25, 0.3) is 11.5 Å². The molecule has 1 heterocycles. The summed E-state index contributed by atoms with van der Waals surface area (Å²) in [6.07, 6.45) is 0.742. The van der Waals surface area contributed by atoms with Crippen LogP contribution in [0.15, 0.2) is 52.9 Å². The molecule has 1 amide bonds. The Labute approximate surface area is 178 Å². The highest BCUT2D eigenvalue weighted by atomic mass is 35.5. The third-order valence-electron chi connectivity index (χ3n) is 4.43. The Morgan fingerprint density at radius 3 is 2.48 bits per heavy atom. The lowest BCUT2D eigenvalue weighted by Crippen LogP contribution is -2.30. The van der Waals surface area contributed by atoms with Crippen molar-refractivity contribution in [2.24, 2.45) is 0 Å². The maximum absolute atomic E-state index is 12.4. The predicted molar refractivity (Wildman–Crippen MR) is 116 cm³/mol. The number of rotatable bonds is 8. The molecule has 3 rings (SSSR count). The molecule has 0 radical (unpaired) electrons. The number of benzene rings is 2. The summed E-state index contributed by atoms with van der Waals surface area (Å²) in [5.41, 5.74) is 3.75. The lowest BCUT2D eigenvalue weighted by Gasteiger charge is -2.05. The summed E-state index contributed by atoms with van der Waals surface area (Å²) in [7, 11) is -1.36. The van der Waals surface area contributed by atoms with Crippen molar-refractivity contribution in [2.45, 2.75) is 26.0 Å². The van der Waals surface area contributed by atoms with Crippen molar-refractivity contribution in [3.05, 3.63) is 76.1 Å². The summed E-state index contributed by atoms with van der Waals surface area (Å²) in [5.74, 6) is 0.941. The predicted octanol–water partition coefficient (Wildman–Crippen LogP) is 4.22. The van der Waals surface area contributed by atoms with Crippen molar-refractivity contribution in [2.75, 3.05) is 12.3 Å². The molecular formula is C22H23ClN2O3S. The summed E-state index contributed by atoms with van der Waals surface area (Å²) in [6.45, 7) is 4.33. The van der Waals surface area contributed by atoms with E-state index in [1.54, 1.807) is 19.1 Å². The lowest BCUT2D eigenvalue weighted by atomic mass is 10.1. The minimum atomic E-state index is -1.36. The van der Waals surface area contributed by atoms with Gasteiger partial charge in [-0.1, -0.05) is 41.4 Å². The van der Waals surface area contributed by atoms with Crippen LogP contribution in [-0.4, -0.2) is 27.4 Å². The maximum atomic E-state index is 12.4. The first-order chi connectivity index (χ1) is 13.9. The van der Waals surface area contributed by atoms with E-state index in [4.69, 9.17) is 16.0 Å². The molecule has 0 fully saturated rings. The molecule has 1 aromatic heterocycles. The molecule has 0 saturated heterocycles. The fourth-order valence-electron chi connectivity index (χ4n) is 2.78. The zero-order valence-corrected chi connectivity index (χ0v) is 18.0. The van der Waals surface area contributed by atoms with Gasteiger partial charge in [0.25, 0.3) is 0 Å². The smallest absolute Gasteiger partial charge is 0.232 e. The van der Waals surface area contributed by atoms with E-state index in [1.807, 2.05) is 43.3 Å². The van der Waals surface area contributed by atoms with E-state index in [0.717, 1.165) is 17.5 Å². The van der Waals surface area contributed by atoms with E-state index < -0.39 is 10.8 Å². The summed E-state index contributed by atoms with van der Waals surface area (Å²) in [5, 5.41) is 3.46. The molecule has 29 heavy (non-hydrogen) atoms. The number of oxazole rings is 1. The van der Waals surface area contributed by atoms with Crippen LogP contribution >= 0.6 is 11.6 Å². The first kappa shape index (κ1) is 21.3. The van der Waals surface area contributed by atoms with Crippen LogP contribution in [0.2, 0.25) is 5.02 Å². The first-order valence-electron chi connectivity index (χ1n) is 9.30. The van der Waals surface area contributed by atoms with Crippen LogP contribution in [-0.2, 0) is 27.8 Å². The minimum Gasteiger partial charge on any atom is -0.441 e. The van der Waals surface area contributed by atoms with Crippen molar-refractivity contribution in [3.8, 4) is 11.5 Å². The lowest BCUT2D eigenvalue weighted by molar-refractivity contribution is -0.118. The van der Waals surface area contributed by atoms with Gasteiger partial charge in [0, 0.05) is 27.9 Å². The first-order valence-corrected chi connectivity index (χ1v) is 11.2. The fourth-order valence-corrected chi connectivity index (χ4v) is 3.97. The summed E-state index contributed by atoms with van der Waals surface area (Å²) in [6, 6.07) is 15.3. The Morgan fingerprint density at radius 2 is 1.79 bits per heavy atom. The van der Waals surface area contributed by atoms with Crippen LogP contribution in [0.1, 0.15) is 22.6 Å². The SMILES string of the molecule is Cc1ccc(CCNC(=O)CS(=O)Cc2nc(-c3ccc(Cl)cc3)oc2C)cc1. The van der Waals surface area contributed by atoms with E-state index in [-0.39, 0.29) is 17.4 Å². The average molecular weight is 431 g/mol. The number of amides is 1. The Hall–Kier alpha value is -2.44. The van der Waals surface area contributed by atoms with Crippen molar-refractivity contribution in [1.29, 1.82) is 0 Å². The highest BCUT2D eigenvalue weighted by Gasteiger charge is 2.16. The Bertz CT molecular complexity index is 998. The number of hydrogen-bond acceptors (Lipinski definition) is 4. The maximum Gasteiger partial charge on any atom is 0.232 e. The standard InChI is InChI=1S/C22H23ClN2O3S/c1-15-3-5-17(6-4-15)11-12-24-21(26)14-29(27)13-20-16(2)28-22(25-20)18-7-9-19(23)10-8-18/h3-10H,11-14H2,1-2H3,(H,24,26). The number of aromatic nitrogens is 1. The van der Waals surface area contributed by atoms with Gasteiger partial charge in [-0.3, -0.25) is 9.00 Å². The van der Waals surface area contributed by atoms with Gasteiger partial charge in [-0.05, 0) is 50.1 Å². The highest BCUT2D eigenvalue weighted by Crippen LogP contribution is 2.24. The molecule has 0 spiro atoms. The highest BCUT2D eigenvalue weighted by molar-refractivity contribution is 7.84. The zero-order chi connectivity index (χ0) is 20.8. The van der Waals surface area contributed by atoms with Crippen molar-refractivity contribution in [1.82, 2.24) is 10.3 Å². The van der Waals surface area contributed by atoms with E-state index in [0.29, 0.717) is 28.9 Å². The molecule has 0 bridgehead atoms. The molecule has 152 valence electrons. The molecule has 0 aliphatic carbocycles. The molecule has 0 aliphatic heterocycles. The quantitative estimate of drug-likeness (QED) is 0.580. The van der Waals surface area contributed by atoms with Crippen LogP contribution in [0.4, 0.5) is 0 Å². The van der Waals surface area contributed by atoms with Crippen molar-refractivity contribution >= 4 is 28.3 Å². The Morgan fingerprint density at radius 1 is 1.10 bits per heavy atom. The molecule has 0 aliphatic rings. The zero-order valence-electron chi connectivity index (χ0n) is 16.4. The van der Waals surface area contributed by atoms with E-state index in [9.17, 15) is 9.00 Å². The molecule has 1 N–H and O–H groups in total. The normalized spacial score (nSPS) is 12.0. The molecule has 5 nitrogen and oxygen atoms in total. The fraction of sp³-hybridized carbons (Fsp3) is 0.273. The summed E-state index contributed by atoms with van der Waals surface area (Å²) < 4.78 is 18.1. The molecule has 7 heteroatoms. The minimum absolute atomic E-state index is 0.0591. The van der Waals surface area contributed by atoms with Gasteiger partial charge in [-0.25, -0.2) is 4.98 Å². The number of carbonyl (C=O) groups excluding carboxylic acids is 1. The number of halogens is 1. The molecule has 2 aromatic carbocycles. The third kappa shape index (κ3) is 6.27. The third-order valence-corrected chi connectivity index (χ3v) is 5.86. The van der Waals surface area contributed by atoms with Crippen molar-refractivity contribution < 1.29 is 13.4 Å². The molecule has 3 aromatic rings. The van der Waals surface area contributed by atoms with Gasteiger partial charge in [0.1, 0.15) is 11.5 Å². The van der Waals surface area contributed by atoms with Gasteiger partial charge in [0.2, 0.25) is 11.8 Å². The summed E-state index contributed by atoms with van der Waals surface area (Å²) in [4.78, 5) is 16.5. The summed E-state index contributed by atoms with van der Waals surface area (Å²) >= 11 is 5.90. The van der Waals surface area contributed by atoms with Gasteiger partial charge in [0.15, 0.2) is 0 Å². The molecular weight excluding hydrogens is 408 g/mol. The molecule has 1 unspecified atom stereocenters. The average Bonchev–Trinajstić information content (AvgIpc) is 3.04. The van der Waals surface area contributed by atoms with Gasteiger partial charge >= 0.3 is 0 Å². The van der Waals surface area contributed by atoms with Crippen molar-refractivity contribution in [3.63, 3.8) is 0 Å². The van der Waals surface area contributed by atoms with Gasteiger partial charge in [-0.2, -0.15) is 0 Å². The van der Waals surface area contributed by atoms with E-state index in [2.05, 4.69) is 10.3 Å². The number of aryl methyl sites for hydroxylation is 2. The molecule has 0 saturated carbocycles.